The molecule has 3 heterocycles. The molecule has 33 heavy (non-hydrogen) atoms. The minimum absolute atomic E-state index is 0.0653. The molecule has 0 aliphatic rings. The van der Waals surface area contributed by atoms with Crippen molar-refractivity contribution in [3.05, 3.63) is 97.0 Å². The van der Waals surface area contributed by atoms with Gasteiger partial charge in [0, 0.05) is 30.5 Å². The lowest BCUT2D eigenvalue weighted by atomic mass is 10.1. The molecule has 0 aliphatic carbocycles. The fraction of sp³-hybridized carbons (Fsp3) is 0.0833. The van der Waals surface area contributed by atoms with Crippen LogP contribution in [-0.2, 0) is 0 Å². The SMILES string of the molecule is CC.O=C(/N=c1/cc(-c2ccccc2)n(-c2ccncc2)cc1N(O)O)Nc1cccnc1. The first kappa shape index (κ1) is 23.3. The fourth-order valence-corrected chi connectivity index (χ4v) is 3.02. The molecule has 0 unspecified atom stereocenters. The van der Waals surface area contributed by atoms with Crippen LogP contribution < -0.4 is 15.9 Å². The van der Waals surface area contributed by atoms with E-state index in [0.29, 0.717) is 11.4 Å². The van der Waals surface area contributed by atoms with Crippen LogP contribution in [0.3, 0.4) is 0 Å². The summed E-state index contributed by atoms with van der Waals surface area (Å²) < 4.78 is 1.75. The number of urea groups is 1. The Bertz CT molecular complexity index is 1240. The van der Waals surface area contributed by atoms with Crippen molar-refractivity contribution in [2.45, 2.75) is 13.8 Å². The van der Waals surface area contributed by atoms with Crippen LogP contribution in [0.15, 0.2) is 96.6 Å². The highest BCUT2D eigenvalue weighted by Crippen LogP contribution is 2.23. The maximum Gasteiger partial charge on any atom is 0.346 e. The quantitative estimate of drug-likeness (QED) is 0.394. The van der Waals surface area contributed by atoms with Crippen LogP contribution >= 0.6 is 0 Å². The van der Waals surface area contributed by atoms with Gasteiger partial charge >= 0.3 is 6.03 Å². The number of hydrogen-bond donors (Lipinski definition) is 3. The molecule has 4 aromatic rings. The first-order chi connectivity index (χ1) is 16.1. The summed E-state index contributed by atoms with van der Waals surface area (Å²) in [5, 5.41) is 22.2. The number of anilines is 2. The molecule has 9 nitrogen and oxygen atoms in total. The van der Waals surface area contributed by atoms with E-state index in [1.807, 2.05) is 44.2 Å². The van der Waals surface area contributed by atoms with Gasteiger partial charge in [-0.3, -0.25) is 20.4 Å². The zero-order valence-corrected chi connectivity index (χ0v) is 18.2. The van der Waals surface area contributed by atoms with Crippen molar-refractivity contribution in [3.63, 3.8) is 0 Å². The molecule has 0 spiro atoms. The van der Waals surface area contributed by atoms with Crippen LogP contribution in [0.25, 0.3) is 16.9 Å². The van der Waals surface area contributed by atoms with Crippen molar-refractivity contribution in [1.29, 1.82) is 0 Å². The average Bonchev–Trinajstić information content (AvgIpc) is 2.86. The summed E-state index contributed by atoms with van der Waals surface area (Å²) in [4.78, 5) is 24.5. The summed E-state index contributed by atoms with van der Waals surface area (Å²) in [5.41, 5.74) is 2.65. The van der Waals surface area contributed by atoms with E-state index in [1.54, 1.807) is 53.5 Å². The van der Waals surface area contributed by atoms with Crippen LogP contribution in [0, 0.1) is 0 Å². The molecule has 3 aromatic heterocycles. The van der Waals surface area contributed by atoms with Gasteiger partial charge in [0.2, 0.25) is 0 Å². The summed E-state index contributed by atoms with van der Waals surface area (Å²) in [6, 6.07) is 17.3. The van der Waals surface area contributed by atoms with Crippen LogP contribution in [0.1, 0.15) is 13.8 Å². The third-order valence-electron chi connectivity index (χ3n) is 4.41. The molecule has 168 valence electrons. The number of pyridine rings is 3. The number of amides is 2. The third kappa shape index (κ3) is 5.88. The minimum atomic E-state index is -0.684. The lowest BCUT2D eigenvalue weighted by Gasteiger charge is -2.18. The standard InChI is InChI=1S/C22H18N6O3.C2H6/c29-22(25-17-7-4-10-24-14-17)26-19-13-20(16-5-2-1-3-6-16)27(15-21(19)28(30)31)18-8-11-23-12-9-18;1-2/h1-15,30-31H,(H,25,29);1-2H3/b26-19-;. The predicted molar refractivity (Wildman–Crippen MR) is 125 cm³/mol. The van der Waals surface area contributed by atoms with Crippen molar-refractivity contribution < 1.29 is 15.2 Å². The Morgan fingerprint density at radius 1 is 0.970 bits per heavy atom. The van der Waals surface area contributed by atoms with Gasteiger partial charge < -0.3 is 9.88 Å². The topological polar surface area (TPSA) is 116 Å². The van der Waals surface area contributed by atoms with Gasteiger partial charge in [0.25, 0.3) is 0 Å². The Labute approximate surface area is 190 Å². The molecule has 0 saturated heterocycles. The molecule has 3 N–H and O–H groups in total. The molecule has 1 aromatic carbocycles. The summed E-state index contributed by atoms with van der Waals surface area (Å²) in [6.07, 6.45) is 7.81. The largest absolute Gasteiger partial charge is 0.346 e. The molecule has 9 heteroatoms. The molecule has 0 aliphatic heterocycles. The molecule has 0 radical (unpaired) electrons. The van der Waals surface area contributed by atoms with E-state index in [-0.39, 0.29) is 16.3 Å². The van der Waals surface area contributed by atoms with Gasteiger partial charge in [0.1, 0.15) is 11.0 Å². The lowest BCUT2D eigenvalue weighted by molar-refractivity contribution is 0.0282. The van der Waals surface area contributed by atoms with E-state index in [4.69, 9.17) is 0 Å². The van der Waals surface area contributed by atoms with E-state index in [0.717, 1.165) is 11.3 Å². The van der Waals surface area contributed by atoms with Crippen molar-refractivity contribution in [3.8, 4) is 16.9 Å². The Morgan fingerprint density at radius 2 is 1.70 bits per heavy atom. The molecule has 4 rings (SSSR count). The maximum absolute atomic E-state index is 12.5. The molecule has 0 bridgehead atoms. The molecule has 0 saturated carbocycles. The lowest BCUT2D eigenvalue weighted by Crippen LogP contribution is -2.25. The van der Waals surface area contributed by atoms with Crippen LogP contribution in [-0.4, -0.2) is 31.0 Å². The number of carbonyl (C=O) groups excluding carboxylic acids is 1. The first-order valence-electron chi connectivity index (χ1n) is 10.3. The highest BCUT2D eigenvalue weighted by Gasteiger charge is 2.13. The van der Waals surface area contributed by atoms with E-state index >= 15 is 0 Å². The van der Waals surface area contributed by atoms with Gasteiger partial charge in [0.15, 0.2) is 0 Å². The fourth-order valence-electron chi connectivity index (χ4n) is 3.02. The normalized spacial score (nSPS) is 10.7. The van der Waals surface area contributed by atoms with Crippen molar-refractivity contribution in [1.82, 2.24) is 14.5 Å². The Balaban J connectivity index is 0.00000149. The van der Waals surface area contributed by atoms with Gasteiger partial charge in [0.05, 0.1) is 17.6 Å². The molecule has 0 fully saturated rings. The molecule has 2 amide bonds. The summed E-state index contributed by atoms with van der Waals surface area (Å²) >= 11 is 0. The highest BCUT2D eigenvalue weighted by atomic mass is 16.8. The first-order valence-corrected chi connectivity index (χ1v) is 10.3. The molecular weight excluding hydrogens is 420 g/mol. The smallest absolute Gasteiger partial charge is 0.314 e. The number of rotatable bonds is 4. The number of carbonyl (C=O) groups is 1. The second-order valence-electron chi connectivity index (χ2n) is 6.44. The third-order valence-corrected chi connectivity index (χ3v) is 4.41. The van der Waals surface area contributed by atoms with E-state index < -0.39 is 6.03 Å². The number of aromatic nitrogens is 3. The molecular formula is C24H24N6O3. The van der Waals surface area contributed by atoms with Gasteiger partial charge in [-0.05, 0) is 35.9 Å². The minimum Gasteiger partial charge on any atom is -0.314 e. The zero-order valence-electron chi connectivity index (χ0n) is 18.2. The number of benzene rings is 1. The van der Waals surface area contributed by atoms with E-state index in [2.05, 4.69) is 20.3 Å². The van der Waals surface area contributed by atoms with Crippen molar-refractivity contribution >= 4 is 17.4 Å². The van der Waals surface area contributed by atoms with E-state index in [1.165, 1.54) is 12.4 Å². The predicted octanol–water partition coefficient (Wildman–Crippen LogP) is 4.68. The van der Waals surface area contributed by atoms with Gasteiger partial charge in [-0.1, -0.05) is 44.2 Å². The van der Waals surface area contributed by atoms with E-state index in [9.17, 15) is 15.2 Å². The number of nitrogens with zero attached hydrogens (tertiary/aromatic N) is 5. The zero-order chi connectivity index (χ0) is 23.6. The second kappa shape index (κ2) is 11.3. The van der Waals surface area contributed by atoms with Crippen molar-refractivity contribution in [2.75, 3.05) is 10.5 Å². The van der Waals surface area contributed by atoms with Gasteiger partial charge in [-0.2, -0.15) is 4.99 Å². The average molecular weight is 444 g/mol. The van der Waals surface area contributed by atoms with Crippen LogP contribution in [0.4, 0.5) is 16.2 Å². The molecule has 0 atom stereocenters. The number of hydrogen-bond acceptors (Lipinski definition) is 6. The summed E-state index contributed by atoms with van der Waals surface area (Å²) in [5.74, 6) is 0. The number of nitrogens with one attached hydrogen (secondary N) is 1. The van der Waals surface area contributed by atoms with Gasteiger partial charge in [-0.15, -0.1) is 5.23 Å². The van der Waals surface area contributed by atoms with Crippen molar-refractivity contribution in [2.24, 2.45) is 4.99 Å². The monoisotopic (exact) mass is 444 g/mol. The van der Waals surface area contributed by atoms with Crippen LogP contribution in [0.2, 0.25) is 0 Å². The van der Waals surface area contributed by atoms with Gasteiger partial charge in [-0.25, -0.2) is 4.79 Å². The summed E-state index contributed by atoms with van der Waals surface area (Å²) in [7, 11) is 0. The highest BCUT2D eigenvalue weighted by molar-refractivity contribution is 5.90. The Kier molecular flexibility index (Phi) is 8.01. The Morgan fingerprint density at radius 3 is 2.33 bits per heavy atom. The van der Waals surface area contributed by atoms with Crippen LogP contribution in [0.5, 0.6) is 0 Å². The second-order valence-corrected chi connectivity index (χ2v) is 6.44. The maximum atomic E-state index is 12.5. The Hall–Kier alpha value is -4.34. The summed E-state index contributed by atoms with van der Waals surface area (Å²) in [6.45, 7) is 4.00.